The largest absolute Gasteiger partial charge is 0.484 e. The molecule has 0 unspecified atom stereocenters. The van der Waals surface area contributed by atoms with Gasteiger partial charge in [-0.25, -0.2) is 4.98 Å². The van der Waals surface area contributed by atoms with E-state index in [0.717, 1.165) is 49.1 Å². The third-order valence-corrected chi connectivity index (χ3v) is 6.71. The van der Waals surface area contributed by atoms with Crippen molar-refractivity contribution < 1.29 is 14.6 Å². The number of likely N-dealkylation sites (tertiary alicyclic amines) is 1. The van der Waals surface area contributed by atoms with Gasteiger partial charge in [-0.2, -0.15) is 0 Å². The molecule has 1 aromatic heterocycles. The third-order valence-electron chi connectivity index (χ3n) is 6.71. The van der Waals surface area contributed by atoms with E-state index >= 15 is 0 Å². The van der Waals surface area contributed by atoms with E-state index in [0.29, 0.717) is 17.6 Å². The number of hydrogen-bond acceptors (Lipinski definition) is 5. The normalized spacial score (nSPS) is 26.1. The number of aliphatic hydroxyl groups excluding tert-OH is 1. The summed E-state index contributed by atoms with van der Waals surface area (Å²) in [5.74, 6) is 1.25. The Hall–Kier alpha value is -2.90. The van der Waals surface area contributed by atoms with Crippen molar-refractivity contribution in [2.45, 2.75) is 31.5 Å². The molecule has 3 N–H and O–H groups in total. The monoisotopic (exact) mass is 420 g/mol. The molecule has 1 aliphatic heterocycles. The van der Waals surface area contributed by atoms with Crippen LogP contribution in [-0.2, 0) is 11.3 Å². The summed E-state index contributed by atoms with van der Waals surface area (Å²) in [6, 6.07) is 16.0. The Balaban J connectivity index is 1.26. The van der Waals surface area contributed by atoms with E-state index in [1.54, 1.807) is 0 Å². The zero-order valence-electron chi connectivity index (χ0n) is 17.4. The molecule has 0 bridgehead atoms. The summed E-state index contributed by atoms with van der Waals surface area (Å²) in [6.07, 6.45) is 3.30. The number of aliphatic hydroxyl groups is 1. The second-order valence-corrected chi connectivity index (χ2v) is 8.86. The molecule has 2 aliphatic rings. The summed E-state index contributed by atoms with van der Waals surface area (Å²) in [6.45, 7) is 2.73. The summed E-state index contributed by atoms with van der Waals surface area (Å²) < 4.78 is 7.60. The van der Waals surface area contributed by atoms with Gasteiger partial charge in [0.15, 0.2) is 6.61 Å². The van der Waals surface area contributed by atoms with Crippen LogP contribution in [0.4, 0.5) is 0 Å². The Labute approximate surface area is 181 Å². The molecule has 0 radical (unpaired) electrons. The van der Waals surface area contributed by atoms with Crippen molar-refractivity contribution >= 4 is 16.9 Å². The number of nitrogens with two attached hydrogens (primary N) is 1. The van der Waals surface area contributed by atoms with Crippen molar-refractivity contribution in [3.63, 3.8) is 0 Å². The molecule has 0 spiro atoms. The number of ether oxygens (including phenoxy) is 1. The SMILES string of the molecule is NC(=O)COc1cccc(CN2C[C@H]3C[C@@H](n4cnc5ccccc54)[C@H](O)C[C@H]3C2)c1. The van der Waals surface area contributed by atoms with E-state index in [9.17, 15) is 9.90 Å². The first-order chi connectivity index (χ1) is 15.1. The van der Waals surface area contributed by atoms with Gasteiger partial charge in [-0.3, -0.25) is 9.69 Å². The van der Waals surface area contributed by atoms with Gasteiger partial charge in [0, 0.05) is 19.6 Å². The molecule has 7 nitrogen and oxygen atoms in total. The number of amides is 1. The molecule has 2 aromatic carbocycles. The van der Waals surface area contributed by atoms with Gasteiger partial charge in [0.25, 0.3) is 5.91 Å². The van der Waals surface area contributed by atoms with Crippen LogP contribution in [0.2, 0.25) is 0 Å². The van der Waals surface area contributed by atoms with Crippen LogP contribution in [0.5, 0.6) is 5.75 Å². The van der Waals surface area contributed by atoms with Gasteiger partial charge in [0.1, 0.15) is 5.75 Å². The van der Waals surface area contributed by atoms with Crippen LogP contribution in [0, 0.1) is 11.8 Å². The van der Waals surface area contributed by atoms with E-state index in [2.05, 4.69) is 26.6 Å². The number of rotatable bonds is 6. The van der Waals surface area contributed by atoms with Crippen LogP contribution in [0.3, 0.4) is 0 Å². The molecular weight excluding hydrogens is 392 g/mol. The highest BCUT2D eigenvalue weighted by Gasteiger charge is 2.42. The predicted molar refractivity (Wildman–Crippen MR) is 117 cm³/mol. The minimum absolute atomic E-state index is 0.0686. The van der Waals surface area contributed by atoms with E-state index in [1.165, 1.54) is 0 Å². The fourth-order valence-electron chi connectivity index (χ4n) is 5.32. The number of carbonyl (C=O) groups excluding carboxylic acids is 1. The van der Waals surface area contributed by atoms with E-state index in [4.69, 9.17) is 10.5 Å². The Morgan fingerprint density at radius 3 is 2.77 bits per heavy atom. The van der Waals surface area contributed by atoms with Gasteiger partial charge in [-0.05, 0) is 54.5 Å². The molecule has 1 saturated heterocycles. The lowest BCUT2D eigenvalue weighted by atomic mass is 9.77. The molecule has 4 atom stereocenters. The van der Waals surface area contributed by atoms with Gasteiger partial charge >= 0.3 is 0 Å². The van der Waals surface area contributed by atoms with E-state index in [-0.39, 0.29) is 18.8 Å². The average molecular weight is 421 g/mol. The first-order valence-corrected chi connectivity index (χ1v) is 10.9. The lowest BCUT2D eigenvalue weighted by Crippen LogP contribution is -2.36. The van der Waals surface area contributed by atoms with Crippen LogP contribution in [0.25, 0.3) is 11.0 Å². The van der Waals surface area contributed by atoms with E-state index in [1.807, 2.05) is 42.7 Å². The Kier molecular flexibility index (Phi) is 5.38. The highest BCUT2D eigenvalue weighted by Crippen LogP contribution is 2.42. The van der Waals surface area contributed by atoms with E-state index < -0.39 is 5.91 Å². The summed E-state index contributed by atoms with van der Waals surface area (Å²) in [7, 11) is 0. The van der Waals surface area contributed by atoms with Crippen LogP contribution in [0.1, 0.15) is 24.4 Å². The zero-order valence-corrected chi connectivity index (χ0v) is 17.4. The summed E-state index contributed by atoms with van der Waals surface area (Å²) in [5.41, 5.74) is 8.38. The van der Waals surface area contributed by atoms with Crippen molar-refractivity contribution in [3.8, 4) is 5.75 Å². The number of nitrogens with zero attached hydrogens (tertiary/aromatic N) is 3. The number of primary amides is 1. The van der Waals surface area contributed by atoms with Crippen molar-refractivity contribution in [1.29, 1.82) is 0 Å². The summed E-state index contributed by atoms with van der Waals surface area (Å²) in [5, 5.41) is 10.9. The highest BCUT2D eigenvalue weighted by molar-refractivity contribution is 5.75. The lowest BCUT2D eigenvalue weighted by molar-refractivity contribution is -0.119. The fraction of sp³-hybridized carbons (Fsp3) is 0.417. The first-order valence-electron chi connectivity index (χ1n) is 10.9. The maximum absolute atomic E-state index is 11.0. The van der Waals surface area contributed by atoms with Crippen molar-refractivity contribution in [2.75, 3.05) is 19.7 Å². The molecular formula is C24H28N4O3. The van der Waals surface area contributed by atoms with Crippen molar-refractivity contribution in [1.82, 2.24) is 14.5 Å². The molecule has 1 amide bonds. The molecule has 2 heterocycles. The molecule has 5 rings (SSSR count). The standard InChI is InChI=1S/C24H28N4O3/c25-24(30)14-31-19-5-3-4-16(8-19)11-27-12-17-9-22(23(29)10-18(17)13-27)28-15-26-20-6-1-2-7-21(20)28/h1-8,15,17-18,22-23,29H,9-14H2,(H2,25,30)/t17-,18+,22-,23-/m1/s1. The van der Waals surface area contributed by atoms with Crippen molar-refractivity contribution in [2.24, 2.45) is 17.6 Å². The van der Waals surface area contributed by atoms with Crippen LogP contribution in [-0.4, -0.2) is 51.3 Å². The molecule has 162 valence electrons. The fourth-order valence-corrected chi connectivity index (χ4v) is 5.32. The molecule has 7 heteroatoms. The minimum atomic E-state index is -0.479. The molecule has 1 saturated carbocycles. The summed E-state index contributed by atoms with van der Waals surface area (Å²) >= 11 is 0. The quantitative estimate of drug-likeness (QED) is 0.639. The number of imidazole rings is 1. The lowest BCUT2D eigenvalue weighted by Gasteiger charge is -2.36. The van der Waals surface area contributed by atoms with Crippen LogP contribution in [0.15, 0.2) is 54.9 Å². The third kappa shape index (κ3) is 4.16. The smallest absolute Gasteiger partial charge is 0.255 e. The Morgan fingerprint density at radius 2 is 1.94 bits per heavy atom. The van der Waals surface area contributed by atoms with Crippen LogP contribution >= 0.6 is 0 Å². The molecule has 3 aromatic rings. The van der Waals surface area contributed by atoms with Gasteiger partial charge < -0.3 is 20.1 Å². The number of aromatic nitrogens is 2. The summed E-state index contributed by atoms with van der Waals surface area (Å²) in [4.78, 5) is 17.9. The van der Waals surface area contributed by atoms with Gasteiger partial charge in [0.05, 0.1) is 29.5 Å². The first kappa shape index (κ1) is 20.0. The number of benzene rings is 2. The molecule has 31 heavy (non-hydrogen) atoms. The minimum Gasteiger partial charge on any atom is -0.484 e. The molecule has 1 aliphatic carbocycles. The van der Waals surface area contributed by atoms with Gasteiger partial charge in [-0.15, -0.1) is 0 Å². The highest BCUT2D eigenvalue weighted by atomic mass is 16.5. The second kappa shape index (κ2) is 8.32. The predicted octanol–water partition coefficient (Wildman–Crippen LogP) is 2.34. The topological polar surface area (TPSA) is 93.6 Å². The maximum Gasteiger partial charge on any atom is 0.255 e. The van der Waals surface area contributed by atoms with Gasteiger partial charge in [-0.1, -0.05) is 24.3 Å². The maximum atomic E-state index is 11.0. The van der Waals surface area contributed by atoms with Crippen molar-refractivity contribution in [3.05, 3.63) is 60.4 Å². The number of para-hydroxylation sites is 2. The zero-order chi connectivity index (χ0) is 21.4. The Bertz CT molecular complexity index is 1080. The number of carbonyl (C=O) groups is 1. The second-order valence-electron chi connectivity index (χ2n) is 8.86. The number of fused-ring (bicyclic) bond motifs is 2. The molecule has 2 fully saturated rings. The Morgan fingerprint density at radius 1 is 1.13 bits per heavy atom. The number of hydrogen-bond donors (Lipinski definition) is 2. The van der Waals surface area contributed by atoms with Crippen LogP contribution < -0.4 is 10.5 Å². The average Bonchev–Trinajstić information content (AvgIpc) is 3.35. The van der Waals surface area contributed by atoms with Gasteiger partial charge in [0.2, 0.25) is 0 Å².